The molecule has 26 heavy (non-hydrogen) atoms. The highest BCUT2D eigenvalue weighted by molar-refractivity contribution is 9.10. The van der Waals surface area contributed by atoms with Crippen LogP contribution >= 0.6 is 15.9 Å². The van der Waals surface area contributed by atoms with Crippen molar-refractivity contribution in [3.8, 4) is 0 Å². The topological polar surface area (TPSA) is 114 Å². The third-order valence-corrected chi connectivity index (χ3v) is 6.02. The van der Waals surface area contributed by atoms with Crippen LogP contribution in [0.5, 0.6) is 0 Å². The number of aryl methyl sites for hydroxylation is 2. The molecule has 2 N–H and O–H groups in total. The van der Waals surface area contributed by atoms with Crippen molar-refractivity contribution in [2.24, 2.45) is 0 Å². The molecule has 2 aromatic rings. The lowest BCUT2D eigenvalue weighted by molar-refractivity contribution is 0.0952. The molecular formula is C16H19BrN4O4S. The third-order valence-electron chi connectivity index (χ3n) is 3.81. The minimum absolute atomic E-state index is 0.00857. The summed E-state index contributed by atoms with van der Waals surface area (Å²) in [7, 11) is -3.61. The Morgan fingerprint density at radius 3 is 2.81 bits per heavy atom. The maximum atomic E-state index is 12.4. The molecule has 0 aliphatic heterocycles. The van der Waals surface area contributed by atoms with Crippen molar-refractivity contribution in [1.29, 1.82) is 0 Å². The Hall–Kier alpha value is -1.78. The second kappa shape index (κ2) is 7.85. The van der Waals surface area contributed by atoms with Crippen LogP contribution in [0.2, 0.25) is 0 Å². The van der Waals surface area contributed by atoms with Gasteiger partial charge in [-0.15, -0.1) is 0 Å². The Morgan fingerprint density at radius 1 is 1.38 bits per heavy atom. The van der Waals surface area contributed by atoms with Gasteiger partial charge in [-0.05, 0) is 60.3 Å². The predicted octanol–water partition coefficient (Wildman–Crippen LogP) is 1.94. The zero-order valence-electron chi connectivity index (χ0n) is 14.2. The first kappa shape index (κ1) is 19.0. The van der Waals surface area contributed by atoms with Gasteiger partial charge in [-0.3, -0.25) is 4.79 Å². The fourth-order valence-corrected chi connectivity index (χ4v) is 4.07. The summed E-state index contributed by atoms with van der Waals surface area (Å²) < 4.78 is 32.8. The molecule has 0 unspecified atom stereocenters. The number of rotatable bonds is 8. The Bertz CT molecular complexity index is 909. The van der Waals surface area contributed by atoms with Crippen LogP contribution in [0.15, 0.2) is 32.1 Å². The van der Waals surface area contributed by atoms with Crippen LogP contribution in [-0.2, 0) is 16.4 Å². The van der Waals surface area contributed by atoms with E-state index >= 15 is 0 Å². The van der Waals surface area contributed by atoms with Gasteiger partial charge >= 0.3 is 0 Å². The summed E-state index contributed by atoms with van der Waals surface area (Å²) >= 11 is 3.30. The van der Waals surface area contributed by atoms with E-state index in [4.69, 9.17) is 4.52 Å². The van der Waals surface area contributed by atoms with Crippen molar-refractivity contribution in [3.05, 3.63) is 40.0 Å². The van der Waals surface area contributed by atoms with E-state index < -0.39 is 10.0 Å². The molecule has 1 amide bonds. The molecule has 10 heteroatoms. The second-order valence-electron chi connectivity index (χ2n) is 6.13. The fraction of sp³-hybridized carbons (Fsp3) is 0.438. The van der Waals surface area contributed by atoms with E-state index in [-0.39, 0.29) is 22.4 Å². The summed E-state index contributed by atoms with van der Waals surface area (Å²) in [5.74, 6) is 0.755. The van der Waals surface area contributed by atoms with Crippen LogP contribution in [0, 0.1) is 6.92 Å². The quantitative estimate of drug-likeness (QED) is 0.603. The van der Waals surface area contributed by atoms with Crippen LogP contribution in [-0.4, -0.2) is 37.1 Å². The highest BCUT2D eigenvalue weighted by Gasteiger charge is 2.28. The molecule has 1 fully saturated rings. The number of halogens is 1. The molecule has 1 saturated carbocycles. The normalized spacial score (nSPS) is 14.4. The van der Waals surface area contributed by atoms with Gasteiger partial charge < -0.3 is 9.84 Å². The standard InChI is InChI=1S/C16H19BrN4O4S/c1-10-19-15(25-20-10)3-2-8-18-16(22)13-9-12(6-7-14(13)17)26(23,24)21-11-4-5-11/h6-7,9,11,21H,2-5,8H2,1H3,(H,18,22). The van der Waals surface area contributed by atoms with Gasteiger partial charge in [0.2, 0.25) is 15.9 Å². The van der Waals surface area contributed by atoms with Gasteiger partial charge in [-0.1, -0.05) is 5.16 Å². The summed E-state index contributed by atoms with van der Waals surface area (Å²) in [6, 6.07) is 4.43. The molecule has 140 valence electrons. The zero-order chi connectivity index (χ0) is 18.7. The van der Waals surface area contributed by atoms with Crippen molar-refractivity contribution in [3.63, 3.8) is 0 Å². The number of benzene rings is 1. The molecule has 0 radical (unpaired) electrons. The SMILES string of the molecule is Cc1noc(CCCNC(=O)c2cc(S(=O)(=O)NC3CC3)ccc2Br)n1. The fourth-order valence-electron chi connectivity index (χ4n) is 2.31. The average molecular weight is 443 g/mol. The van der Waals surface area contributed by atoms with Gasteiger partial charge in [-0.2, -0.15) is 4.98 Å². The van der Waals surface area contributed by atoms with Gasteiger partial charge in [0.15, 0.2) is 5.82 Å². The van der Waals surface area contributed by atoms with Crippen molar-refractivity contribution in [1.82, 2.24) is 20.2 Å². The van der Waals surface area contributed by atoms with E-state index in [1.165, 1.54) is 12.1 Å². The number of nitrogens with one attached hydrogen (secondary N) is 2. The summed E-state index contributed by atoms with van der Waals surface area (Å²) in [5.41, 5.74) is 0.275. The maximum Gasteiger partial charge on any atom is 0.252 e. The van der Waals surface area contributed by atoms with Crippen molar-refractivity contribution < 1.29 is 17.7 Å². The molecule has 1 aliphatic rings. The largest absolute Gasteiger partial charge is 0.352 e. The number of aromatic nitrogens is 2. The monoisotopic (exact) mass is 442 g/mol. The lowest BCUT2D eigenvalue weighted by Crippen LogP contribution is -2.27. The Kier molecular flexibility index (Phi) is 5.73. The van der Waals surface area contributed by atoms with Gasteiger partial charge in [0.25, 0.3) is 5.91 Å². The number of hydrogen-bond donors (Lipinski definition) is 2. The minimum Gasteiger partial charge on any atom is -0.352 e. The number of sulfonamides is 1. The van der Waals surface area contributed by atoms with Gasteiger partial charge in [0, 0.05) is 23.5 Å². The second-order valence-corrected chi connectivity index (χ2v) is 8.70. The Labute approximate surface area is 159 Å². The van der Waals surface area contributed by atoms with E-state index in [0.29, 0.717) is 35.6 Å². The molecule has 0 bridgehead atoms. The van der Waals surface area contributed by atoms with Crippen LogP contribution in [0.3, 0.4) is 0 Å². The molecule has 3 rings (SSSR count). The molecule has 0 saturated heterocycles. The van der Waals surface area contributed by atoms with Crippen LogP contribution < -0.4 is 10.0 Å². The average Bonchev–Trinajstić information content (AvgIpc) is 3.29. The molecule has 1 aromatic carbocycles. The lowest BCUT2D eigenvalue weighted by atomic mass is 10.2. The van der Waals surface area contributed by atoms with E-state index in [2.05, 4.69) is 36.1 Å². The zero-order valence-corrected chi connectivity index (χ0v) is 16.6. The van der Waals surface area contributed by atoms with E-state index in [9.17, 15) is 13.2 Å². The van der Waals surface area contributed by atoms with Crippen molar-refractivity contribution in [2.75, 3.05) is 6.54 Å². The summed E-state index contributed by atoms with van der Waals surface area (Å²) in [6.45, 7) is 2.15. The van der Waals surface area contributed by atoms with Crippen LogP contribution in [0.1, 0.15) is 41.3 Å². The first-order valence-electron chi connectivity index (χ1n) is 8.24. The van der Waals surface area contributed by atoms with Gasteiger partial charge in [-0.25, -0.2) is 13.1 Å². The Balaban J connectivity index is 1.60. The molecule has 1 aliphatic carbocycles. The molecule has 1 heterocycles. The molecule has 1 aromatic heterocycles. The van der Waals surface area contributed by atoms with E-state index in [0.717, 1.165) is 12.8 Å². The van der Waals surface area contributed by atoms with Crippen LogP contribution in [0.25, 0.3) is 0 Å². The van der Waals surface area contributed by atoms with Crippen LogP contribution in [0.4, 0.5) is 0 Å². The van der Waals surface area contributed by atoms with Crippen molar-refractivity contribution in [2.45, 2.75) is 43.5 Å². The number of amides is 1. The molecule has 0 atom stereocenters. The smallest absolute Gasteiger partial charge is 0.252 e. The number of carbonyl (C=O) groups is 1. The van der Waals surface area contributed by atoms with E-state index in [1.807, 2.05) is 0 Å². The molecular weight excluding hydrogens is 424 g/mol. The first-order valence-corrected chi connectivity index (χ1v) is 10.5. The number of hydrogen-bond acceptors (Lipinski definition) is 6. The number of nitrogens with zero attached hydrogens (tertiary/aromatic N) is 2. The summed E-state index contributed by atoms with van der Waals surface area (Å²) in [4.78, 5) is 16.6. The summed E-state index contributed by atoms with van der Waals surface area (Å²) in [5, 5.41) is 6.48. The summed E-state index contributed by atoms with van der Waals surface area (Å²) in [6.07, 6.45) is 2.89. The van der Waals surface area contributed by atoms with Gasteiger partial charge in [0.05, 0.1) is 10.5 Å². The molecule has 0 spiro atoms. The predicted molar refractivity (Wildman–Crippen MR) is 97.2 cm³/mol. The highest BCUT2D eigenvalue weighted by Crippen LogP contribution is 2.25. The lowest BCUT2D eigenvalue weighted by Gasteiger charge is -2.10. The maximum absolute atomic E-state index is 12.4. The Morgan fingerprint density at radius 2 is 2.15 bits per heavy atom. The van der Waals surface area contributed by atoms with E-state index in [1.54, 1.807) is 13.0 Å². The third kappa shape index (κ3) is 4.89. The van der Waals surface area contributed by atoms with Crippen molar-refractivity contribution >= 4 is 31.9 Å². The first-order chi connectivity index (χ1) is 12.3. The minimum atomic E-state index is -3.61. The molecule has 8 nitrogen and oxygen atoms in total. The highest BCUT2D eigenvalue weighted by atomic mass is 79.9. The van der Waals surface area contributed by atoms with Gasteiger partial charge in [0.1, 0.15) is 0 Å². The number of carbonyl (C=O) groups excluding carboxylic acids is 1.